The van der Waals surface area contributed by atoms with Crippen LogP contribution in [0.1, 0.15) is 62.5 Å². The van der Waals surface area contributed by atoms with Crippen molar-refractivity contribution in [3.63, 3.8) is 0 Å². The van der Waals surface area contributed by atoms with E-state index in [1.165, 1.54) is 37.1 Å². The van der Waals surface area contributed by atoms with E-state index in [-0.39, 0.29) is 28.0 Å². The monoisotopic (exact) mass is 414 g/mol. The molecule has 0 spiro atoms. The first kappa shape index (κ1) is 21.9. The first-order valence-electron chi connectivity index (χ1n) is 10.5. The molecule has 1 aliphatic rings. The highest BCUT2D eigenvalue weighted by Gasteiger charge is 2.25. The van der Waals surface area contributed by atoms with Crippen LogP contribution in [0.5, 0.6) is 0 Å². The highest BCUT2D eigenvalue weighted by Crippen LogP contribution is 2.30. The number of halogens is 2. The van der Waals surface area contributed by atoms with Gasteiger partial charge >= 0.3 is 0 Å². The molecule has 2 aromatic rings. The average Bonchev–Trinajstić information content (AvgIpc) is 3.29. The van der Waals surface area contributed by atoms with E-state index in [9.17, 15) is 18.6 Å². The lowest BCUT2D eigenvalue weighted by Gasteiger charge is -2.19. The van der Waals surface area contributed by atoms with Gasteiger partial charge in [-0.05, 0) is 56.0 Å². The molecule has 1 atom stereocenters. The lowest BCUT2D eigenvalue weighted by atomic mass is 9.98. The van der Waals surface area contributed by atoms with Crippen molar-refractivity contribution in [3.05, 3.63) is 59.7 Å². The van der Waals surface area contributed by atoms with Gasteiger partial charge < -0.3 is 0 Å². The summed E-state index contributed by atoms with van der Waals surface area (Å²) in [6, 6.07) is 12.6. The van der Waals surface area contributed by atoms with Gasteiger partial charge in [-0.3, -0.25) is 9.59 Å². The van der Waals surface area contributed by atoms with E-state index in [2.05, 4.69) is 0 Å². The molecule has 6 heteroatoms. The number of hydrogen-bond donors (Lipinski definition) is 0. The number of carbonyl (C=O) groups excluding carboxylic acids is 2. The van der Waals surface area contributed by atoms with Crippen molar-refractivity contribution in [1.29, 1.82) is 0 Å². The SMILES string of the molecule is Cc1cccc(C(C)C(=O)N(F)c2ccc(N(F)C(=O)CCC3CCCC3)cc2)c1. The maximum absolute atomic E-state index is 14.7. The first-order chi connectivity index (χ1) is 14.4. The Bertz CT molecular complexity index is 879. The first-order valence-corrected chi connectivity index (χ1v) is 10.5. The van der Waals surface area contributed by atoms with E-state index >= 15 is 0 Å². The van der Waals surface area contributed by atoms with Gasteiger partial charge in [0.1, 0.15) is 0 Å². The molecule has 1 aliphatic carbocycles. The third kappa shape index (κ3) is 5.23. The van der Waals surface area contributed by atoms with Gasteiger partial charge in [0.25, 0.3) is 11.8 Å². The highest BCUT2D eigenvalue weighted by atomic mass is 19.2. The zero-order chi connectivity index (χ0) is 21.7. The number of anilines is 2. The zero-order valence-corrected chi connectivity index (χ0v) is 17.5. The average molecular weight is 414 g/mol. The summed E-state index contributed by atoms with van der Waals surface area (Å²) in [4.78, 5) is 24.6. The second-order valence-corrected chi connectivity index (χ2v) is 8.14. The molecular weight excluding hydrogens is 386 g/mol. The van der Waals surface area contributed by atoms with Crippen LogP contribution in [0, 0.1) is 12.8 Å². The lowest BCUT2D eigenvalue weighted by Crippen LogP contribution is -2.27. The molecule has 0 radical (unpaired) electrons. The van der Waals surface area contributed by atoms with Crippen LogP contribution in [0.3, 0.4) is 0 Å². The molecule has 4 nitrogen and oxygen atoms in total. The number of aryl methyl sites for hydroxylation is 1. The van der Waals surface area contributed by atoms with Crippen LogP contribution < -0.4 is 10.2 Å². The summed E-state index contributed by atoms with van der Waals surface area (Å²) in [5, 5.41) is 0.180. The molecule has 0 saturated heterocycles. The second-order valence-electron chi connectivity index (χ2n) is 8.14. The third-order valence-corrected chi connectivity index (χ3v) is 5.87. The number of hydrogen-bond acceptors (Lipinski definition) is 2. The topological polar surface area (TPSA) is 40.6 Å². The molecule has 0 bridgehead atoms. The molecule has 1 fully saturated rings. The Kier molecular flexibility index (Phi) is 7.19. The van der Waals surface area contributed by atoms with Gasteiger partial charge in [0.15, 0.2) is 0 Å². The van der Waals surface area contributed by atoms with Crippen molar-refractivity contribution >= 4 is 23.2 Å². The molecule has 0 aliphatic heterocycles. The van der Waals surface area contributed by atoms with Crippen molar-refractivity contribution in [2.24, 2.45) is 5.92 Å². The number of nitrogens with zero attached hydrogens (tertiary/aromatic N) is 2. The summed E-state index contributed by atoms with van der Waals surface area (Å²) in [6.45, 7) is 3.55. The molecule has 30 heavy (non-hydrogen) atoms. The van der Waals surface area contributed by atoms with Crippen LogP contribution in [0.4, 0.5) is 20.3 Å². The van der Waals surface area contributed by atoms with E-state index in [4.69, 9.17) is 0 Å². The van der Waals surface area contributed by atoms with E-state index in [1.54, 1.807) is 13.0 Å². The Morgan fingerprint density at radius 3 is 2.20 bits per heavy atom. The Morgan fingerprint density at radius 1 is 1.00 bits per heavy atom. The van der Waals surface area contributed by atoms with Crippen LogP contribution in [0.2, 0.25) is 0 Å². The Labute approximate surface area is 176 Å². The summed E-state index contributed by atoms with van der Waals surface area (Å²) in [5.41, 5.74) is 1.74. The molecule has 0 N–H and O–H groups in total. The number of rotatable bonds is 7. The minimum Gasteiger partial charge on any atom is -0.272 e. The third-order valence-electron chi connectivity index (χ3n) is 5.87. The van der Waals surface area contributed by atoms with Gasteiger partial charge in [-0.25, -0.2) is 0 Å². The minimum absolute atomic E-state index is 0.00458. The Hall–Kier alpha value is -2.76. The van der Waals surface area contributed by atoms with Crippen LogP contribution in [0.25, 0.3) is 0 Å². The van der Waals surface area contributed by atoms with Crippen LogP contribution in [0.15, 0.2) is 48.5 Å². The molecule has 3 rings (SSSR count). The van der Waals surface area contributed by atoms with E-state index in [1.807, 2.05) is 25.1 Å². The highest BCUT2D eigenvalue weighted by molar-refractivity contribution is 5.96. The zero-order valence-electron chi connectivity index (χ0n) is 17.5. The summed E-state index contributed by atoms with van der Waals surface area (Å²) in [7, 11) is 0. The van der Waals surface area contributed by atoms with Gasteiger partial charge in [0.05, 0.1) is 17.3 Å². The molecular formula is C24H28F2N2O2. The van der Waals surface area contributed by atoms with Crippen molar-refractivity contribution in [2.45, 2.75) is 58.3 Å². The molecule has 0 aromatic heterocycles. The predicted octanol–water partition coefficient (Wildman–Crippen LogP) is 6.20. The summed E-state index contributed by atoms with van der Waals surface area (Å²) < 4.78 is 29.1. The molecule has 1 unspecified atom stereocenters. The summed E-state index contributed by atoms with van der Waals surface area (Å²) >= 11 is 0. The second kappa shape index (κ2) is 9.83. The van der Waals surface area contributed by atoms with Gasteiger partial charge in [0, 0.05) is 6.42 Å². The quantitative estimate of drug-likeness (QED) is 0.506. The van der Waals surface area contributed by atoms with Crippen LogP contribution in [-0.4, -0.2) is 11.8 Å². The molecule has 2 amide bonds. The Balaban J connectivity index is 1.60. The van der Waals surface area contributed by atoms with Crippen molar-refractivity contribution < 1.29 is 18.6 Å². The van der Waals surface area contributed by atoms with Crippen molar-refractivity contribution in [1.82, 2.24) is 0 Å². The molecule has 1 saturated carbocycles. The fourth-order valence-electron chi connectivity index (χ4n) is 3.96. The predicted molar refractivity (Wildman–Crippen MR) is 114 cm³/mol. The van der Waals surface area contributed by atoms with Gasteiger partial charge in [-0.1, -0.05) is 64.5 Å². The number of carbonyl (C=O) groups is 2. The normalized spacial score (nSPS) is 15.1. The van der Waals surface area contributed by atoms with Gasteiger partial charge in [-0.15, -0.1) is 10.2 Å². The van der Waals surface area contributed by atoms with E-state index < -0.39 is 17.7 Å². The molecule has 0 heterocycles. The fourth-order valence-corrected chi connectivity index (χ4v) is 3.96. The summed E-state index contributed by atoms with van der Waals surface area (Å²) in [6.07, 6.45) is 5.43. The number of benzene rings is 2. The van der Waals surface area contributed by atoms with Gasteiger partial charge in [-0.2, -0.15) is 0 Å². The molecule has 160 valence electrons. The maximum atomic E-state index is 14.7. The molecule has 2 aromatic carbocycles. The minimum atomic E-state index is -0.710. The van der Waals surface area contributed by atoms with Crippen molar-refractivity contribution in [3.8, 4) is 0 Å². The van der Waals surface area contributed by atoms with E-state index in [0.717, 1.165) is 24.0 Å². The van der Waals surface area contributed by atoms with Crippen LogP contribution in [-0.2, 0) is 9.59 Å². The maximum Gasteiger partial charge on any atom is 0.262 e. The van der Waals surface area contributed by atoms with Crippen LogP contribution >= 0.6 is 0 Å². The lowest BCUT2D eigenvalue weighted by molar-refractivity contribution is -0.122. The Morgan fingerprint density at radius 2 is 1.60 bits per heavy atom. The van der Waals surface area contributed by atoms with E-state index in [0.29, 0.717) is 12.3 Å². The smallest absolute Gasteiger partial charge is 0.262 e. The van der Waals surface area contributed by atoms with Crippen molar-refractivity contribution in [2.75, 3.05) is 10.2 Å². The largest absolute Gasteiger partial charge is 0.272 e. The van der Waals surface area contributed by atoms with Gasteiger partial charge in [0.2, 0.25) is 0 Å². The fraction of sp³-hybridized carbons (Fsp3) is 0.417. The standard InChI is InChI=1S/C24H28F2N2O2/c1-17-6-5-9-20(16-17)18(2)24(30)28(26)22-13-11-21(12-14-22)27(25)23(29)15-10-19-7-3-4-8-19/h5-6,9,11-14,16,18-19H,3-4,7-8,10,15H2,1-2H3. The number of amides is 2. The summed E-state index contributed by atoms with van der Waals surface area (Å²) in [5.74, 6) is -1.47.